The van der Waals surface area contributed by atoms with Crippen LogP contribution in [-0.2, 0) is 9.59 Å². The molecule has 0 saturated carbocycles. The van der Waals surface area contributed by atoms with E-state index in [0.29, 0.717) is 5.13 Å². The molecule has 5 nitrogen and oxygen atoms in total. The molecule has 2 N–H and O–H groups in total. The minimum atomic E-state index is -0.140. The Balaban J connectivity index is 1.94. The van der Waals surface area contributed by atoms with E-state index in [1.165, 1.54) is 18.3 Å². The highest BCUT2D eigenvalue weighted by molar-refractivity contribution is 7.14. The Bertz CT molecular complexity index is 708. The monoisotopic (exact) mass is 287 g/mol. The third kappa shape index (κ3) is 2.18. The van der Waals surface area contributed by atoms with Gasteiger partial charge in [-0.2, -0.15) is 0 Å². The molecule has 1 aromatic carbocycles. The highest BCUT2D eigenvalue weighted by Crippen LogP contribution is 2.36. The predicted octanol–water partition coefficient (Wildman–Crippen LogP) is 2.82. The number of benzene rings is 1. The van der Waals surface area contributed by atoms with E-state index in [9.17, 15) is 9.59 Å². The van der Waals surface area contributed by atoms with Crippen LogP contribution in [0.5, 0.6) is 0 Å². The second-order valence-corrected chi connectivity index (χ2v) is 5.59. The van der Waals surface area contributed by atoms with E-state index in [2.05, 4.69) is 15.6 Å². The maximum atomic E-state index is 11.6. The highest BCUT2D eigenvalue weighted by atomic mass is 32.1. The Labute approximate surface area is 120 Å². The van der Waals surface area contributed by atoms with E-state index in [0.717, 1.165) is 22.5 Å². The second-order valence-electron chi connectivity index (χ2n) is 4.73. The molecule has 1 atom stereocenters. The molecule has 1 aliphatic rings. The first-order chi connectivity index (χ1) is 9.54. The summed E-state index contributed by atoms with van der Waals surface area (Å²) < 4.78 is 0. The molecule has 0 aliphatic carbocycles. The van der Waals surface area contributed by atoms with Crippen molar-refractivity contribution in [3.63, 3.8) is 0 Å². The van der Waals surface area contributed by atoms with Crippen LogP contribution >= 0.6 is 11.3 Å². The predicted molar refractivity (Wildman–Crippen MR) is 78.9 cm³/mol. The number of amides is 2. The zero-order chi connectivity index (χ0) is 14.3. The van der Waals surface area contributed by atoms with Crippen LogP contribution in [0.1, 0.15) is 25.3 Å². The number of nitrogens with zero attached hydrogens (tertiary/aromatic N) is 1. The van der Waals surface area contributed by atoms with Crippen molar-refractivity contribution in [2.45, 2.75) is 19.8 Å². The van der Waals surface area contributed by atoms with Crippen LogP contribution in [0.2, 0.25) is 0 Å². The molecular formula is C14H13N3O2S. The smallest absolute Gasteiger partial charge is 0.231 e. The van der Waals surface area contributed by atoms with Crippen molar-refractivity contribution < 1.29 is 9.59 Å². The fourth-order valence-corrected chi connectivity index (χ4v) is 2.96. The third-order valence-corrected chi connectivity index (χ3v) is 4.01. The van der Waals surface area contributed by atoms with Crippen molar-refractivity contribution in [3.8, 4) is 11.3 Å². The van der Waals surface area contributed by atoms with E-state index in [4.69, 9.17) is 0 Å². The van der Waals surface area contributed by atoms with Crippen LogP contribution in [-0.4, -0.2) is 16.8 Å². The number of hydrogen-bond donors (Lipinski definition) is 2. The zero-order valence-corrected chi connectivity index (χ0v) is 11.9. The molecule has 0 spiro atoms. The van der Waals surface area contributed by atoms with Crippen molar-refractivity contribution >= 4 is 34.0 Å². The maximum Gasteiger partial charge on any atom is 0.231 e. The molecule has 0 fully saturated rings. The molecule has 1 aliphatic heterocycles. The fourth-order valence-electron chi connectivity index (χ4n) is 2.19. The lowest BCUT2D eigenvalue weighted by molar-refractivity contribution is -0.116. The van der Waals surface area contributed by atoms with Gasteiger partial charge >= 0.3 is 0 Å². The Morgan fingerprint density at radius 1 is 1.45 bits per heavy atom. The number of nitrogens with one attached hydrogen (secondary N) is 2. The van der Waals surface area contributed by atoms with Gasteiger partial charge in [0.2, 0.25) is 11.8 Å². The largest absolute Gasteiger partial charge is 0.325 e. The average molecular weight is 287 g/mol. The van der Waals surface area contributed by atoms with Gasteiger partial charge in [-0.15, -0.1) is 11.3 Å². The summed E-state index contributed by atoms with van der Waals surface area (Å²) in [6.07, 6.45) is 0. The number of carbonyl (C=O) groups is 2. The molecule has 0 saturated heterocycles. The Morgan fingerprint density at radius 2 is 2.25 bits per heavy atom. The van der Waals surface area contributed by atoms with Gasteiger partial charge in [-0.3, -0.25) is 9.59 Å². The molecule has 2 aromatic rings. The van der Waals surface area contributed by atoms with Crippen molar-refractivity contribution in [3.05, 3.63) is 29.1 Å². The van der Waals surface area contributed by atoms with Gasteiger partial charge in [0.05, 0.1) is 11.6 Å². The van der Waals surface area contributed by atoms with Crippen LogP contribution in [0, 0.1) is 0 Å². The van der Waals surface area contributed by atoms with E-state index < -0.39 is 0 Å². The topological polar surface area (TPSA) is 71.1 Å². The highest BCUT2D eigenvalue weighted by Gasteiger charge is 2.26. The van der Waals surface area contributed by atoms with E-state index >= 15 is 0 Å². The van der Waals surface area contributed by atoms with Gasteiger partial charge in [-0.1, -0.05) is 6.07 Å². The van der Waals surface area contributed by atoms with E-state index in [-0.39, 0.29) is 17.7 Å². The minimum absolute atomic E-state index is 0.0226. The fraction of sp³-hybridized carbons (Fsp3) is 0.214. The zero-order valence-electron chi connectivity index (χ0n) is 11.1. The first-order valence-corrected chi connectivity index (χ1v) is 7.11. The lowest BCUT2D eigenvalue weighted by atomic mass is 10.00. The Morgan fingerprint density at radius 3 is 3.00 bits per heavy atom. The molecule has 2 heterocycles. The molecule has 6 heteroatoms. The molecule has 3 rings (SSSR count). The Hall–Kier alpha value is -2.21. The minimum Gasteiger partial charge on any atom is -0.325 e. The lowest BCUT2D eigenvalue weighted by Crippen LogP contribution is -2.08. The summed E-state index contributed by atoms with van der Waals surface area (Å²) in [6, 6.07) is 5.79. The first-order valence-electron chi connectivity index (χ1n) is 6.23. The number of thiazole rings is 1. The summed E-state index contributed by atoms with van der Waals surface area (Å²) in [5, 5.41) is 7.98. The Kier molecular flexibility index (Phi) is 3.02. The second kappa shape index (κ2) is 4.72. The molecule has 2 amide bonds. The summed E-state index contributed by atoms with van der Waals surface area (Å²) in [5.41, 5.74) is 3.60. The van der Waals surface area contributed by atoms with Crippen molar-refractivity contribution in [2.75, 3.05) is 10.6 Å². The molecule has 0 radical (unpaired) electrons. The number of aromatic nitrogens is 1. The molecule has 20 heavy (non-hydrogen) atoms. The van der Waals surface area contributed by atoms with Crippen LogP contribution in [0.25, 0.3) is 11.3 Å². The van der Waals surface area contributed by atoms with Crippen molar-refractivity contribution in [1.82, 2.24) is 4.98 Å². The van der Waals surface area contributed by atoms with Gasteiger partial charge in [-0.05, 0) is 24.6 Å². The lowest BCUT2D eigenvalue weighted by Gasteiger charge is -2.03. The molecule has 1 aromatic heterocycles. The summed E-state index contributed by atoms with van der Waals surface area (Å²) in [5.74, 6) is -0.254. The number of fused-ring (bicyclic) bond motifs is 1. The summed E-state index contributed by atoms with van der Waals surface area (Å²) >= 11 is 1.38. The van der Waals surface area contributed by atoms with Gasteiger partial charge in [-0.25, -0.2) is 4.98 Å². The van der Waals surface area contributed by atoms with Gasteiger partial charge in [0.15, 0.2) is 5.13 Å². The average Bonchev–Trinajstić information content (AvgIpc) is 2.95. The number of anilines is 2. The quantitative estimate of drug-likeness (QED) is 0.892. The van der Waals surface area contributed by atoms with Gasteiger partial charge in [0, 0.05) is 23.6 Å². The first kappa shape index (κ1) is 12.8. The standard InChI is InChI=1S/C14H13N3O2S/c1-7-10-5-9(3-4-11(10)16-13(7)19)12-6-20-14(17-12)15-8(2)18/h3-7H,1-2H3,(H,16,19)(H,15,17,18). The number of carbonyl (C=O) groups excluding carboxylic acids is 2. The van der Waals surface area contributed by atoms with E-state index in [1.54, 1.807) is 0 Å². The molecule has 102 valence electrons. The molecule has 0 bridgehead atoms. The number of rotatable bonds is 2. The molecule has 1 unspecified atom stereocenters. The van der Waals surface area contributed by atoms with Crippen LogP contribution < -0.4 is 10.6 Å². The van der Waals surface area contributed by atoms with Crippen LogP contribution in [0.15, 0.2) is 23.6 Å². The van der Waals surface area contributed by atoms with Crippen LogP contribution in [0.4, 0.5) is 10.8 Å². The number of hydrogen-bond acceptors (Lipinski definition) is 4. The van der Waals surface area contributed by atoms with E-state index in [1.807, 2.05) is 30.5 Å². The summed E-state index contributed by atoms with van der Waals surface area (Å²) in [6.45, 7) is 3.34. The van der Waals surface area contributed by atoms with Crippen molar-refractivity contribution in [1.29, 1.82) is 0 Å². The van der Waals surface area contributed by atoms with Crippen LogP contribution in [0.3, 0.4) is 0 Å². The molecular weight excluding hydrogens is 274 g/mol. The van der Waals surface area contributed by atoms with Gasteiger partial charge in [0.1, 0.15) is 0 Å². The normalized spacial score (nSPS) is 16.7. The summed E-state index contributed by atoms with van der Waals surface area (Å²) in [4.78, 5) is 27.0. The SMILES string of the molecule is CC(=O)Nc1nc(-c2ccc3c(c2)C(C)C(=O)N3)cs1. The maximum absolute atomic E-state index is 11.6. The summed E-state index contributed by atoms with van der Waals surface area (Å²) in [7, 11) is 0. The van der Waals surface area contributed by atoms with Gasteiger partial charge in [0.25, 0.3) is 0 Å². The van der Waals surface area contributed by atoms with Gasteiger partial charge < -0.3 is 10.6 Å². The van der Waals surface area contributed by atoms with Crippen molar-refractivity contribution in [2.24, 2.45) is 0 Å². The third-order valence-electron chi connectivity index (χ3n) is 3.25.